The highest BCUT2D eigenvalue weighted by atomic mass is 35.5. The molecule has 2 atom stereocenters. The van der Waals surface area contributed by atoms with Crippen molar-refractivity contribution in [2.45, 2.75) is 25.4 Å². The molecule has 1 N–H and O–H groups in total. The van der Waals surface area contributed by atoms with Crippen LogP contribution in [-0.2, 0) is 9.53 Å². The summed E-state index contributed by atoms with van der Waals surface area (Å²) in [4.78, 5) is 23.3. The van der Waals surface area contributed by atoms with E-state index < -0.39 is 5.97 Å². The third kappa shape index (κ3) is 4.50. The maximum absolute atomic E-state index is 12.3. The molecule has 2 aromatic carbocycles. The van der Waals surface area contributed by atoms with Gasteiger partial charge in [0.1, 0.15) is 18.1 Å². The van der Waals surface area contributed by atoms with Crippen LogP contribution in [0.2, 0.25) is 5.02 Å². The Morgan fingerprint density at radius 2 is 1.93 bits per heavy atom. The Balaban J connectivity index is 1.35. The van der Waals surface area contributed by atoms with Gasteiger partial charge in [-0.3, -0.25) is 9.59 Å². The Morgan fingerprint density at radius 1 is 1.13 bits per heavy atom. The molecule has 6 nitrogen and oxygen atoms in total. The van der Waals surface area contributed by atoms with E-state index in [9.17, 15) is 9.59 Å². The van der Waals surface area contributed by atoms with E-state index in [2.05, 4.69) is 0 Å². The quantitative estimate of drug-likeness (QED) is 0.546. The van der Waals surface area contributed by atoms with Crippen molar-refractivity contribution < 1.29 is 23.8 Å². The molecule has 1 aliphatic rings. The van der Waals surface area contributed by atoms with E-state index >= 15 is 0 Å². The standard InChI is InChI=1S/C23H21ClO6/c24-19-3-1-2-18-20(25)13-21(30-22(18)19)14-4-7-16(8-5-14)28-10-11-29-17-9-6-15(12-17)23(26)27/h1-5,7-8,13,15,17H,6,9-12H2,(H,26,27). The molecule has 0 radical (unpaired) electrons. The van der Waals surface area contributed by atoms with Crippen molar-refractivity contribution in [3.05, 3.63) is 63.8 Å². The maximum Gasteiger partial charge on any atom is 0.306 e. The SMILES string of the molecule is O=C(O)C1CCC(OCCOc2ccc(-c3cc(=O)c4cccc(Cl)c4o3)cc2)C1. The van der Waals surface area contributed by atoms with Crippen LogP contribution in [0, 0.1) is 5.92 Å². The normalized spacial score (nSPS) is 18.6. The van der Waals surface area contributed by atoms with Crippen molar-refractivity contribution in [2.24, 2.45) is 5.92 Å². The maximum atomic E-state index is 12.3. The summed E-state index contributed by atoms with van der Waals surface area (Å²) in [7, 11) is 0. The molecule has 4 rings (SSSR count). The van der Waals surface area contributed by atoms with Gasteiger partial charge in [0.2, 0.25) is 0 Å². The van der Waals surface area contributed by atoms with Gasteiger partial charge in [-0.25, -0.2) is 0 Å². The number of para-hydroxylation sites is 1. The minimum atomic E-state index is -0.748. The van der Waals surface area contributed by atoms with Gasteiger partial charge in [-0.05, 0) is 55.7 Å². The van der Waals surface area contributed by atoms with Crippen molar-refractivity contribution in [3.8, 4) is 17.1 Å². The smallest absolute Gasteiger partial charge is 0.306 e. The summed E-state index contributed by atoms with van der Waals surface area (Å²) in [6.45, 7) is 0.769. The fourth-order valence-corrected chi connectivity index (χ4v) is 3.90. The third-order valence-corrected chi connectivity index (χ3v) is 5.58. The molecule has 156 valence electrons. The lowest BCUT2D eigenvalue weighted by atomic mass is 10.1. The first-order valence-corrected chi connectivity index (χ1v) is 10.2. The molecule has 1 aromatic heterocycles. The molecule has 0 bridgehead atoms. The van der Waals surface area contributed by atoms with Crippen molar-refractivity contribution in [1.82, 2.24) is 0 Å². The lowest BCUT2D eigenvalue weighted by Gasteiger charge is -2.12. The summed E-state index contributed by atoms with van der Waals surface area (Å²) in [6, 6.07) is 13.7. The average Bonchev–Trinajstić information content (AvgIpc) is 3.22. The first-order chi connectivity index (χ1) is 14.5. The second-order valence-electron chi connectivity index (χ2n) is 7.31. The summed E-state index contributed by atoms with van der Waals surface area (Å²) in [5.74, 6) is 0.0542. The van der Waals surface area contributed by atoms with Crippen molar-refractivity contribution in [2.75, 3.05) is 13.2 Å². The first-order valence-electron chi connectivity index (χ1n) is 9.81. The zero-order chi connectivity index (χ0) is 21.1. The Kier molecular flexibility index (Phi) is 6.06. The number of aliphatic carboxylic acids is 1. The van der Waals surface area contributed by atoms with Crippen LogP contribution in [0.25, 0.3) is 22.3 Å². The van der Waals surface area contributed by atoms with Gasteiger partial charge in [-0.1, -0.05) is 17.7 Å². The van der Waals surface area contributed by atoms with E-state index in [-0.39, 0.29) is 17.5 Å². The summed E-state index contributed by atoms with van der Waals surface area (Å²) in [5.41, 5.74) is 0.961. The average molecular weight is 429 g/mol. The van der Waals surface area contributed by atoms with Crippen LogP contribution in [0.5, 0.6) is 5.75 Å². The summed E-state index contributed by atoms with van der Waals surface area (Å²) in [5, 5.41) is 9.87. The number of hydrogen-bond donors (Lipinski definition) is 1. The second-order valence-corrected chi connectivity index (χ2v) is 7.71. The Hall–Kier alpha value is -2.83. The van der Waals surface area contributed by atoms with E-state index in [1.165, 1.54) is 6.07 Å². The Bertz CT molecular complexity index is 1100. The highest BCUT2D eigenvalue weighted by Gasteiger charge is 2.30. The molecule has 30 heavy (non-hydrogen) atoms. The van der Waals surface area contributed by atoms with Crippen molar-refractivity contribution in [1.29, 1.82) is 0 Å². The van der Waals surface area contributed by atoms with E-state index in [4.69, 9.17) is 30.6 Å². The first kappa shape index (κ1) is 20.4. The second kappa shape index (κ2) is 8.90. The highest BCUT2D eigenvalue weighted by molar-refractivity contribution is 6.34. The molecule has 2 unspecified atom stereocenters. The molecular weight excluding hydrogens is 408 g/mol. The van der Waals surface area contributed by atoms with Gasteiger partial charge in [0.25, 0.3) is 0 Å². The highest BCUT2D eigenvalue weighted by Crippen LogP contribution is 2.29. The molecule has 0 aliphatic heterocycles. The van der Waals surface area contributed by atoms with E-state index in [1.54, 1.807) is 30.3 Å². The number of ether oxygens (including phenoxy) is 2. The van der Waals surface area contributed by atoms with E-state index in [1.807, 2.05) is 12.1 Å². The van der Waals surface area contributed by atoms with Crippen LogP contribution in [0.3, 0.4) is 0 Å². The number of fused-ring (bicyclic) bond motifs is 1. The number of benzene rings is 2. The molecule has 1 aliphatic carbocycles. The summed E-state index contributed by atoms with van der Waals surface area (Å²) < 4.78 is 17.2. The number of carboxylic acids is 1. The zero-order valence-electron chi connectivity index (χ0n) is 16.2. The zero-order valence-corrected chi connectivity index (χ0v) is 16.9. The Labute approximate surface area is 178 Å². The van der Waals surface area contributed by atoms with Gasteiger partial charge in [0.15, 0.2) is 11.0 Å². The van der Waals surface area contributed by atoms with Crippen LogP contribution >= 0.6 is 11.6 Å². The van der Waals surface area contributed by atoms with Crippen molar-refractivity contribution in [3.63, 3.8) is 0 Å². The van der Waals surface area contributed by atoms with Gasteiger partial charge < -0.3 is 19.0 Å². The predicted molar refractivity (Wildman–Crippen MR) is 113 cm³/mol. The minimum Gasteiger partial charge on any atom is -0.491 e. The predicted octanol–water partition coefficient (Wildman–Crippen LogP) is 4.76. The van der Waals surface area contributed by atoms with Crippen LogP contribution < -0.4 is 10.2 Å². The number of hydrogen-bond acceptors (Lipinski definition) is 5. The van der Waals surface area contributed by atoms with Crippen LogP contribution in [0.1, 0.15) is 19.3 Å². The number of carboxylic acid groups (broad SMARTS) is 1. The molecule has 1 saturated carbocycles. The van der Waals surface area contributed by atoms with Crippen LogP contribution in [0.15, 0.2) is 57.7 Å². The molecule has 3 aromatic rings. The number of halogens is 1. The molecule has 1 fully saturated rings. The molecular formula is C23H21ClO6. The molecule has 1 heterocycles. The fraction of sp³-hybridized carbons (Fsp3) is 0.304. The number of rotatable bonds is 7. The molecule has 0 saturated heterocycles. The topological polar surface area (TPSA) is 86.0 Å². The largest absolute Gasteiger partial charge is 0.491 e. The Morgan fingerprint density at radius 3 is 2.67 bits per heavy atom. The summed E-state index contributed by atoms with van der Waals surface area (Å²) >= 11 is 6.16. The molecule has 7 heteroatoms. The van der Waals surface area contributed by atoms with Crippen LogP contribution in [0.4, 0.5) is 0 Å². The number of carbonyl (C=O) groups is 1. The fourth-order valence-electron chi connectivity index (χ4n) is 3.69. The molecule has 0 amide bonds. The van der Waals surface area contributed by atoms with Gasteiger partial charge in [-0.2, -0.15) is 0 Å². The third-order valence-electron chi connectivity index (χ3n) is 5.28. The monoisotopic (exact) mass is 428 g/mol. The van der Waals surface area contributed by atoms with Gasteiger partial charge in [-0.15, -0.1) is 0 Å². The van der Waals surface area contributed by atoms with Gasteiger partial charge in [0, 0.05) is 11.6 Å². The van der Waals surface area contributed by atoms with Gasteiger partial charge in [0.05, 0.1) is 29.0 Å². The summed E-state index contributed by atoms with van der Waals surface area (Å²) in [6.07, 6.45) is 1.98. The molecule has 0 spiro atoms. The lowest BCUT2D eigenvalue weighted by Crippen LogP contribution is -2.16. The van der Waals surface area contributed by atoms with E-state index in [0.29, 0.717) is 53.6 Å². The van der Waals surface area contributed by atoms with E-state index in [0.717, 1.165) is 12.0 Å². The lowest BCUT2D eigenvalue weighted by molar-refractivity contribution is -0.141. The van der Waals surface area contributed by atoms with Crippen molar-refractivity contribution >= 4 is 28.5 Å². The minimum absolute atomic E-state index is 0.0142. The van der Waals surface area contributed by atoms with Crippen LogP contribution in [-0.4, -0.2) is 30.4 Å². The van der Waals surface area contributed by atoms with Gasteiger partial charge >= 0.3 is 5.97 Å².